The predicted octanol–water partition coefficient (Wildman–Crippen LogP) is 5.93. The van der Waals surface area contributed by atoms with E-state index in [2.05, 4.69) is 35.4 Å². The second kappa shape index (κ2) is 7.18. The van der Waals surface area contributed by atoms with Crippen molar-refractivity contribution in [2.24, 2.45) is 0 Å². The zero-order valence-corrected chi connectivity index (χ0v) is 16.7. The number of hydrogen-bond donors (Lipinski definition) is 2. The average Bonchev–Trinajstić information content (AvgIpc) is 3.34. The van der Waals surface area contributed by atoms with Gasteiger partial charge in [-0.1, -0.05) is 18.2 Å². The highest BCUT2D eigenvalue weighted by atomic mass is 32.1. The van der Waals surface area contributed by atoms with E-state index in [9.17, 15) is 4.79 Å². The maximum atomic E-state index is 12.4. The molecule has 3 aromatic carbocycles. The van der Waals surface area contributed by atoms with E-state index in [0.29, 0.717) is 6.42 Å². The topological polar surface area (TPSA) is 57.8 Å². The molecule has 2 N–H and O–H groups in total. The molecule has 0 spiro atoms. The Labute approximate surface area is 172 Å². The highest BCUT2D eigenvalue weighted by Gasteiger charge is 2.08. The molecule has 5 aromatic rings. The van der Waals surface area contributed by atoms with Crippen LogP contribution in [0.25, 0.3) is 31.7 Å². The van der Waals surface area contributed by atoms with Crippen LogP contribution in [0.5, 0.6) is 0 Å². The molecule has 0 aliphatic heterocycles. The standard InChI is InChI=1S/C24H19N3OS/c1-15-2-9-20-22(12-15)29-24(27-20)18-5-7-19(8-6-18)26-23(28)14-16-3-4-17-10-11-25-21(17)13-16/h2-13,25H,14H2,1H3,(H,26,28). The molecule has 0 aliphatic rings. The largest absolute Gasteiger partial charge is 0.361 e. The number of nitrogens with zero attached hydrogens (tertiary/aromatic N) is 1. The number of aryl methyl sites for hydroxylation is 1. The van der Waals surface area contributed by atoms with Crippen LogP contribution in [0.4, 0.5) is 5.69 Å². The number of H-pyrrole nitrogens is 1. The molecule has 5 rings (SSSR count). The van der Waals surface area contributed by atoms with E-state index in [1.54, 1.807) is 11.3 Å². The zero-order chi connectivity index (χ0) is 19.8. The van der Waals surface area contributed by atoms with E-state index in [0.717, 1.165) is 38.2 Å². The van der Waals surface area contributed by atoms with Crippen LogP contribution in [0, 0.1) is 6.92 Å². The Morgan fingerprint density at radius 1 is 1.03 bits per heavy atom. The summed E-state index contributed by atoms with van der Waals surface area (Å²) in [7, 11) is 0. The molecular formula is C24H19N3OS. The maximum Gasteiger partial charge on any atom is 0.228 e. The fourth-order valence-electron chi connectivity index (χ4n) is 3.45. The van der Waals surface area contributed by atoms with E-state index in [-0.39, 0.29) is 5.91 Å². The van der Waals surface area contributed by atoms with Crippen molar-refractivity contribution in [1.29, 1.82) is 0 Å². The maximum absolute atomic E-state index is 12.4. The molecule has 0 fully saturated rings. The molecule has 0 radical (unpaired) electrons. The fraction of sp³-hybridized carbons (Fsp3) is 0.0833. The van der Waals surface area contributed by atoms with Gasteiger partial charge in [0.2, 0.25) is 5.91 Å². The van der Waals surface area contributed by atoms with Crippen molar-refractivity contribution < 1.29 is 4.79 Å². The molecule has 2 heterocycles. The first-order chi connectivity index (χ1) is 14.1. The highest BCUT2D eigenvalue weighted by Crippen LogP contribution is 2.31. The number of carbonyl (C=O) groups is 1. The van der Waals surface area contributed by atoms with Crippen LogP contribution in [-0.2, 0) is 11.2 Å². The summed E-state index contributed by atoms with van der Waals surface area (Å²) in [6, 6.07) is 22.2. The second-order valence-electron chi connectivity index (χ2n) is 7.19. The van der Waals surface area contributed by atoms with Crippen molar-refractivity contribution in [2.45, 2.75) is 13.3 Å². The van der Waals surface area contributed by atoms with E-state index in [1.807, 2.05) is 54.7 Å². The summed E-state index contributed by atoms with van der Waals surface area (Å²) in [6.07, 6.45) is 2.25. The van der Waals surface area contributed by atoms with Crippen LogP contribution in [-0.4, -0.2) is 15.9 Å². The molecule has 0 saturated carbocycles. The van der Waals surface area contributed by atoms with Gasteiger partial charge in [-0.05, 0) is 72.0 Å². The number of benzene rings is 3. The third-order valence-electron chi connectivity index (χ3n) is 4.94. The Bertz CT molecular complexity index is 1330. The summed E-state index contributed by atoms with van der Waals surface area (Å²) in [5, 5.41) is 5.12. The first-order valence-electron chi connectivity index (χ1n) is 9.47. The number of anilines is 1. The van der Waals surface area contributed by atoms with Gasteiger partial charge in [-0.2, -0.15) is 0 Å². The van der Waals surface area contributed by atoms with Crippen molar-refractivity contribution in [3.05, 3.63) is 84.1 Å². The van der Waals surface area contributed by atoms with Crippen molar-refractivity contribution >= 4 is 44.1 Å². The van der Waals surface area contributed by atoms with Gasteiger partial charge < -0.3 is 10.3 Å². The third-order valence-corrected chi connectivity index (χ3v) is 6.01. The van der Waals surface area contributed by atoms with Crippen molar-refractivity contribution in [1.82, 2.24) is 9.97 Å². The number of nitrogens with one attached hydrogen (secondary N) is 2. The molecule has 1 amide bonds. The van der Waals surface area contributed by atoms with Gasteiger partial charge in [0.05, 0.1) is 16.6 Å². The predicted molar refractivity (Wildman–Crippen MR) is 120 cm³/mol. The Morgan fingerprint density at radius 2 is 1.90 bits per heavy atom. The number of rotatable bonds is 4. The lowest BCUT2D eigenvalue weighted by atomic mass is 10.1. The Balaban J connectivity index is 1.29. The smallest absolute Gasteiger partial charge is 0.228 e. The molecular weight excluding hydrogens is 378 g/mol. The number of aromatic nitrogens is 2. The summed E-state index contributed by atoms with van der Waals surface area (Å²) in [4.78, 5) is 20.3. The van der Waals surface area contributed by atoms with E-state index < -0.39 is 0 Å². The van der Waals surface area contributed by atoms with Crippen LogP contribution in [0.15, 0.2) is 72.9 Å². The minimum Gasteiger partial charge on any atom is -0.361 e. The van der Waals surface area contributed by atoms with Gasteiger partial charge in [0.15, 0.2) is 0 Å². The lowest BCUT2D eigenvalue weighted by molar-refractivity contribution is -0.115. The van der Waals surface area contributed by atoms with Crippen molar-refractivity contribution in [3.63, 3.8) is 0 Å². The molecule has 0 atom stereocenters. The number of amides is 1. The average molecular weight is 398 g/mol. The molecule has 142 valence electrons. The summed E-state index contributed by atoms with van der Waals surface area (Å²) in [6.45, 7) is 2.09. The first-order valence-corrected chi connectivity index (χ1v) is 10.3. The first kappa shape index (κ1) is 17.6. The monoisotopic (exact) mass is 397 g/mol. The van der Waals surface area contributed by atoms with Gasteiger partial charge in [0.1, 0.15) is 5.01 Å². The number of aromatic amines is 1. The van der Waals surface area contributed by atoms with Crippen LogP contribution >= 0.6 is 11.3 Å². The number of carbonyl (C=O) groups excluding carboxylic acids is 1. The van der Waals surface area contributed by atoms with Gasteiger partial charge in [0, 0.05) is 23.0 Å². The van der Waals surface area contributed by atoms with Crippen LogP contribution in [0.3, 0.4) is 0 Å². The Hall–Kier alpha value is -3.44. The SMILES string of the molecule is Cc1ccc2nc(-c3ccc(NC(=O)Cc4ccc5cc[nH]c5c4)cc3)sc2c1. The lowest BCUT2D eigenvalue weighted by Gasteiger charge is -2.06. The quantitative estimate of drug-likeness (QED) is 0.395. The molecule has 0 saturated heterocycles. The highest BCUT2D eigenvalue weighted by molar-refractivity contribution is 7.21. The number of hydrogen-bond acceptors (Lipinski definition) is 3. The normalized spacial score (nSPS) is 11.2. The molecule has 29 heavy (non-hydrogen) atoms. The third kappa shape index (κ3) is 3.65. The summed E-state index contributed by atoms with van der Waals surface area (Å²) < 4.78 is 1.19. The summed E-state index contributed by atoms with van der Waals surface area (Å²) in [5.74, 6) is -0.0286. The van der Waals surface area contributed by atoms with E-state index >= 15 is 0 Å². The van der Waals surface area contributed by atoms with Crippen molar-refractivity contribution in [3.8, 4) is 10.6 Å². The van der Waals surface area contributed by atoms with Crippen LogP contribution < -0.4 is 5.32 Å². The molecule has 0 unspecified atom stereocenters. The van der Waals surface area contributed by atoms with E-state index in [1.165, 1.54) is 10.3 Å². The molecule has 2 aromatic heterocycles. The molecule has 4 nitrogen and oxygen atoms in total. The van der Waals surface area contributed by atoms with Gasteiger partial charge in [-0.3, -0.25) is 4.79 Å². The fourth-order valence-corrected chi connectivity index (χ4v) is 4.52. The number of thiazole rings is 1. The molecule has 5 heteroatoms. The van der Waals surface area contributed by atoms with E-state index in [4.69, 9.17) is 4.98 Å². The van der Waals surface area contributed by atoms with Gasteiger partial charge in [-0.15, -0.1) is 11.3 Å². The lowest BCUT2D eigenvalue weighted by Crippen LogP contribution is -2.14. The van der Waals surface area contributed by atoms with Crippen LogP contribution in [0.1, 0.15) is 11.1 Å². The Kier molecular flexibility index (Phi) is 4.37. The minimum absolute atomic E-state index is 0.0286. The minimum atomic E-state index is -0.0286. The second-order valence-corrected chi connectivity index (χ2v) is 8.22. The van der Waals surface area contributed by atoms with Gasteiger partial charge in [-0.25, -0.2) is 4.98 Å². The summed E-state index contributed by atoms with van der Waals surface area (Å²) in [5.41, 5.74) is 6.13. The molecule has 0 aliphatic carbocycles. The van der Waals surface area contributed by atoms with Gasteiger partial charge >= 0.3 is 0 Å². The van der Waals surface area contributed by atoms with Crippen molar-refractivity contribution in [2.75, 3.05) is 5.32 Å². The zero-order valence-electron chi connectivity index (χ0n) is 15.9. The molecule has 0 bridgehead atoms. The summed E-state index contributed by atoms with van der Waals surface area (Å²) >= 11 is 1.69. The Morgan fingerprint density at radius 3 is 2.76 bits per heavy atom. The van der Waals surface area contributed by atoms with Crippen LogP contribution in [0.2, 0.25) is 0 Å². The van der Waals surface area contributed by atoms with Gasteiger partial charge in [0.25, 0.3) is 0 Å². The number of fused-ring (bicyclic) bond motifs is 2.